The number of halogens is 2. The lowest BCUT2D eigenvalue weighted by Gasteiger charge is -2.22. The van der Waals surface area contributed by atoms with Crippen LogP contribution in [0, 0.1) is 5.82 Å². The quantitative estimate of drug-likeness (QED) is 0.348. The minimum atomic E-state index is -3.67. The van der Waals surface area contributed by atoms with Gasteiger partial charge in [0.1, 0.15) is 5.82 Å². The van der Waals surface area contributed by atoms with Crippen LogP contribution in [0.3, 0.4) is 0 Å². The molecule has 0 radical (unpaired) electrons. The van der Waals surface area contributed by atoms with Crippen molar-refractivity contribution in [3.8, 4) is 0 Å². The molecule has 31 heavy (non-hydrogen) atoms. The minimum absolute atomic E-state index is 0.0124. The molecule has 1 unspecified atom stereocenters. The van der Waals surface area contributed by atoms with Gasteiger partial charge in [0.25, 0.3) is 0 Å². The van der Waals surface area contributed by atoms with Crippen molar-refractivity contribution in [3.63, 3.8) is 0 Å². The Kier molecular flexibility index (Phi) is 9.25. The van der Waals surface area contributed by atoms with Crippen LogP contribution < -0.4 is 10.0 Å². The highest BCUT2D eigenvalue weighted by atomic mass is 35.5. The lowest BCUT2D eigenvalue weighted by atomic mass is 10.1. The van der Waals surface area contributed by atoms with Gasteiger partial charge in [0.15, 0.2) is 5.16 Å². The maximum atomic E-state index is 14.3. The lowest BCUT2D eigenvalue weighted by molar-refractivity contribution is 0.0769. The third-order valence-corrected chi connectivity index (χ3v) is 5.93. The number of hydrogen-bond donors (Lipinski definition) is 4. The van der Waals surface area contributed by atoms with Crippen molar-refractivity contribution in [1.29, 1.82) is 0 Å². The summed E-state index contributed by atoms with van der Waals surface area (Å²) in [5, 5.41) is 22.2. The molecule has 0 spiro atoms. The molecule has 0 aliphatic heterocycles. The zero-order valence-electron chi connectivity index (χ0n) is 17.2. The molecule has 0 bridgehead atoms. The van der Waals surface area contributed by atoms with Gasteiger partial charge in [-0.25, -0.2) is 12.8 Å². The number of rotatable bonds is 11. The summed E-state index contributed by atoms with van der Waals surface area (Å²) in [5.74, 6) is -0.693. The number of sulfonamides is 1. The number of aliphatic hydroxyl groups is 2. The number of thioether (sulfide) groups is 1. The van der Waals surface area contributed by atoms with Gasteiger partial charge in [-0.05, 0) is 25.5 Å². The largest absolute Gasteiger partial charge is 0.394 e. The van der Waals surface area contributed by atoms with Gasteiger partial charge >= 0.3 is 0 Å². The first kappa shape index (κ1) is 25.5. The van der Waals surface area contributed by atoms with E-state index in [9.17, 15) is 23.0 Å². The van der Waals surface area contributed by atoms with Crippen LogP contribution in [0.15, 0.2) is 23.4 Å². The van der Waals surface area contributed by atoms with Crippen molar-refractivity contribution >= 4 is 45.3 Å². The average molecular weight is 494 g/mol. The van der Waals surface area contributed by atoms with Crippen LogP contribution in [0.1, 0.15) is 37.5 Å². The van der Waals surface area contributed by atoms with E-state index in [4.69, 9.17) is 11.6 Å². The van der Waals surface area contributed by atoms with E-state index in [1.54, 1.807) is 19.1 Å². The summed E-state index contributed by atoms with van der Waals surface area (Å²) in [6.07, 6.45) is 1.11. The summed E-state index contributed by atoms with van der Waals surface area (Å²) in [4.78, 5) is 12.4. The molecule has 9 nitrogen and oxygen atoms in total. The zero-order valence-corrected chi connectivity index (χ0v) is 19.6. The summed E-state index contributed by atoms with van der Waals surface area (Å²) in [6, 6.07) is 3.77. The minimum Gasteiger partial charge on any atom is -0.394 e. The zero-order chi connectivity index (χ0) is 23.2. The monoisotopic (exact) mass is 493 g/mol. The molecule has 0 fully saturated rings. The maximum absolute atomic E-state index is 14.3. The van der Waals surface area contributed by atoms with Gasteiger partial charge in [-0.1, -0.05) is 42.8 Å². The van der Waals surface area contributed by atoms with Gasteiger partial charge in [-0.15, -0.1) is 0 Å². The van der Waals surface area contributed by atoms with Crippen LogP contribution in [-0.4, -0.2) is 58.6 Å². The molecule has 0 amide bonds. The normalized spacial score (nSPS) is 14.7. The van der Waals surface area contributed by atoms with Crippen LogP contribution >= 0.6 is 23.4 Å². The smallest absolute Gasteiger partial charge is 0.242 e. The maximum Gasteiger partial charge on any atom is 0.242 e. The van der Waals surface area contributed by atoms with Crippen LogP contribution in [0.4, 0.5) is 16.3 Å². The Morgan fingerprint density at radius 2 is 1.94 bits per heavy atom. The fourth-order valence-electron chi connectivity index (χ4n) is 2.70. The van der Waals surface area contributed by atoms with Crippen LogP contribution in [0.25, 0.3) is 0 Å². The van der Waals surface area contributed by atoms with E-state index in [0.717, 1.165) is 18.0 Å². The Balaban J connectivity index is 2.36. The third kappa shape index (κ3) is 8.04. The molecule has 4 N–H and O–H groups in total. The lowest BCUT2D eigenvalue weighted by Crippen LogP contribution is -2.36. The highest BCUT2D eigenvalue weighted by molar-refractivity contribution is 7.99. The van der Waals surface area contributed by atoms with Gasteiger partial charge in [0, 0.05) is 15.8 Å². The third-order valence-electron chi connectivity index (χ3n) is 4.14. The summed E-state index contributed by atoms with van der Waals surface area (Å²) >= 11 is 6.90. The van der Waals surface area contributed by atoms with Crippen LogP contribution in [0.2, 0.25) is 5.02 Å². The van der Waals surface area contributed by atoms with E-state index in [1.165, 1.54) is 6.07 Å². The molecule has 0 saturated heterocycles. The van der Waals surface area contributed by atoms with Gasteiger partial charge in [0.05, 0.1) is 25.0 Å². The summed E-state index contributed by atoms with van der Waals surface area (Å²) in [6.45, 7) is 3.19. The van der Waals surface area contributed by atoms with Crippen molar-refractivity contribution in [1.82, 2.24) is 15.0 Å². The van der Waals surface area contributed by atoms with Crippen LogP contribution in [0.5, 0.6) is 0 Å². The SMILES string of the molecule is CCC[C@@H](Nc1nc(NS(C)(=O)=O)nc(SC(C)c2ccc(Cl)cc2F)n1)[C@@H](O)CO. The van der Waals surface area contributed by atoms with Crippen molar-refractivity contribution in [3.05, 3.63) is 34.6 Å². The number of hydrogen-bond acceptors (Lipinski definition) is 9. The Hall–Kier alpha value is -1.73. The van der Waals surface area contributed by atoms with Crippen molar-refractivity contribution in [2.75, 3.05) is 22.9 Å². The second-order valence-electron chi connectivity index (χ2n) is 6.85. The predicted octanol–water partition coefficient (Wildman–Crippen LogP) is 2.82. The number of nitrogens with zero attached hydrogens (tertiary/aromatic N) is 3. The Bertz CT molecular complexity index is 999. The molecule has 0 aliphatic rings. The topological polar surface area (TPSA) is 137 Å². The number of nitrogens with one attached hydrogen (secondary N) is 2. The highest BCUT2D eigenvalue weighted by Gasteiger charge is 2.21. The van der Waals surface area contributed by atoms with E-state index in [2.05, 4.69) is 25.0 Å². The van der Waals surface area contributed by atoms with E-state index in [0.29, 0.717) is 18.4 Å². The number of benzene rings is 1. The number of anilines is 2. The molecule has 1 aromatic heterocycles. The summed E-state index contributed by atoms with van der Waals surface area (Å²) < 4.78 is 39.8. The average Bonchev–Trinajstić information content (AvgIpc) is 2.65. The first-order valence-corrected chi connectivity index (χ1v) is 12.6. The molecule has 1 heterocycles. The highest BCUT2D eigenvalue weighted by Crippen LogP contribution is 2.35. The van der Waals surface area contributed by atoms with E-state index in [1.807, 2.05) is 6.92 Å². The molecule has 0 saturated carbocycles. The molecule has 3 atom stereocenters. The van der Waals surface area contributed by atoms with Gasteiger partial charge in [-0.2, -0.15) is 15.0 Å². The van der Waals surface area contributed by atoms with E-state index >= 15 is 0 Å². The number of aliphatic hydroxyl groups excluding tert-OH is 2. The van der Waals surface area contributed by atoms with Gasteiger partial charge < -0.3 is 15.5 Å². The molecular formula is C18H25ClFN5O4S2. The first-order chi connectivity index (χ1) is 14.5. The Morgan fingerprint density at radius 3 is 2.52 bits per heavy atom. The fourth-order valence-corrected chi connectivity index (χ4v) is 4.20. The fraction of sp³-hybridized carbons (Fsp3) is 0.500. The van der Waals surface area contributed by atoms with Gasteiger partial charge in [0.2, 0.25) is 21.9 Å². The molecule has 1 aromatic carbocycles. The molecule has 2 aromatic rings. The van der Waals surface area contributed by atoms with E-state index < -0.39 is 39.8 Å². The second-order valence-corrected chi connectivity index (χ2v) is 10.3. The van der Waals surface area contributed by atoms with Crippen molar-refractivity contribution in [2.45, 2.75) is 49.2 Å². The molecule has 2 rings (SSSR count). The van der Waals surface area contributed by atoms with Gasteiger partial charge in [-0.3, -0.25) is 4.72 Å². The Morgan fingerprint density at radius 1 is 1.26 bits per heavy atom. The second kappa shape index (κ2) is 11.2. The van der Waals surface area contributed by atoms with Crippen LogP contribution in [-0.2, 0) is 10.0 Å². The molecule has 13 heteroatoms. The molecule has 172 valence electrons. The summed E-state index contributed by atoms with van der Waals surface area (Å²) in [5.41, 5.74) is 0.376. The van der Waals surface area contributed by atoms with Crippen molar-refractivity contribution < 1.29 is 23.0 Å². The first-order valence-electron chi connectivity index (χ1n) is 9.43. The van der Waals surface area contributed by atoms with Crippen molar-refractivity contribution in [2.24, 2.45) is 0 Å². The number of aromatic nitrogens is 3. The predicted molar refractivity (Wildman–Crippen MR) is 119 cm³/mol. The molecular weight excluding hydrogens is 469 g/mol. The molecule has 0 aliphatic carbocycles. The standard InChI is InChI=1S/C18H25ClFN5O4S2/c1-4-5-14(15(27)9-26)21-16-22-17(25-31(3,28)29)24-18(23-16)30-10(2)12-7-6-11(19)8-13(12)20/h6-8,10,14-15,26-27H,4-5,9H2,1-3H3,(H2,21,22,23,24,25)/t10?,14-,15+/m1/s1. The summed E-state index contributed by atoms with van der Waals surface area (Å²) in [7, 11) is -3.67. The van der Waals surface area contributed by atoms with E-state index in [-0.39, 0.29) is 22.1 Å². The Labute approximate surface area is 189 Å².